The number of hydrogen-bond donors (Lipinski definition) is 2. The van der Waals surface area contributed by atoms with Gasteiger partial charge in [0.15, 0.2) is 0 Å². The molecule has 2 aromatic rings. The second kappa shape index (κ2) is 9.49. The summed E-state index contributed by atoms with van der Waals surface area (Å²) in [4.78, 5) is 2.37. The molecule has 1 aliphatic heterocycles. The number of piperidine rings is 1. The van der Waals surface area contributed by atoms with E-state index in [9.17, 15) is 5.11 Å². The standard InChI is InChI=1S/C22H27N3O/c23-14-19-5-4-6-20(13-19)16-24-15-18-9-11-25(12-10-18)17-22(26)21-7-2-1-3-8-21/h1-8,13,18,22,24,26H,9-12,15-17H2/t22-/m0/s1. The van der Waals surface area contributed by atoms with Gasteiger partial charge in [0.1, 0.15) is 0 Å². The first-order valence-electron chi connectivity index (χ1n) is 9.39. The molecular formula is C22H27N3O. The number of rotatable bonds is 7. The molecule has 0 radical (unpaired) electrons. The topological polar surface area (TPSA) is 59.3 Å². The quantitative estimate of drug-likeness (QED) is 0.806. The highest BCUT2D eigenvalue weighted by molar-refractivity contribution is 5.32. The second-order valence-electron chi connectivity index (χ2n) is 7.11. The fourth-order valence-electron chi connectivity index (χ4n) is 3.57. The maximum Gasteiger partial charge on any atom is 0.0991 e. The van der Waals surface area contributed by atoms with Crippen LogP contribution in [-0.4, -0.2) is 36.2 Å². The summed E-state index contributed by atoms with van der Waals surface area (Å²) < 4.78 is 0. The Hall–Kier alpha value is -2.19. The molecule has 0 spiro atoms. The van der Waals surface area contributed by atoms with Crippen molar-refractivity contribution < 1.29 is 5.11 Å². The highest BCUT2D eigenvalue weighted by Gasteiger charge is 2.21. The van der Waals surface area contributed by atoms with Gasteiger partial charge in [-0.3, -0.25) is 0 Å². The molecule has 0 amide bonds. The van der Waals surface area contributed by atoms with Crippen molar-refractivity contribution in [2.24, 2.45) is 5.92 Å². The van der Waals surface area contributed by atoms with Gasteiger partial charge < -0.3 is 15.3 Å². The second-order valence-corrected chi connectivity index (χ2v) is 7.11. The van der Waals surface area contributed by atoms with Gasteiger partial charge in [-0.15, -0.1) is 0 Å². The van der Waals surface area contributed by atoms with Gasteiger partial charge in [-0.25, -0.2) is 0 Å². The molecule has 0 aliphatic carbocycles. The Labute approximate surface area is 156 Å². The van der Waals surface area contributed by atoms with E-state index in [1.54, 1.807) is 0 Å². The van der Waals surface area contributed by atoms with Gasteiger partial charge in [0.2, 0.25) is 0 Å². The van der Waals surface area contributed by atoms with Crippen molar-refractivity contribution in [1.29, 1.82) is 5.26 Å². The molecule has 26 heavy (non-hydrogen) atoms. The van der Waals surface area contributed by atoms with Gasteiger partial charge in [-0.2, -0.15) is 5.26 Å². The molecular weight excluding hydrogens is 322 g/mol. The normalized spacial score (nSPS) is 16.9. The van der Waals surface area contributed by atoms with Crippen molar-refractivity contribution >= 4 is 0 Å². The first-order chi connectivity index (χ1) is 12.7. The van der Waals surface area contributed by atoms with Crippen molar-refractivity contribution in [3.05, 3.63) is 71.3 Å². The molecule has 1 heterocycles. The molecule has 136 valence electrons. The number of benzene rings is 2. The first kappa shape index (κ1) is 18.6. The lowest BCUT2D eigenvalue weighted by Crippen LogP contribution is -2.39. The third-order valence-electron chi connectivity index (χ3n) is 5.14. The highest BCUT2D eigenvalue weighted by atomic mass is 16.3. The number of nitriles is 1. The van der Waals surface area contributed by atoms with Crippen LogP contribution in [0.5, 0.6) is 0 Å². The van der Waals surface area contributed by atoms with Crippen LogP contribution in [0.1, 0.15) is 35.6 Å². The van der Waals surface area contributed by atoms with Gasteiger partial charge in [-0.1, -0.05) is 42.5 Å². The zero-order valence-corrected chi connectivity index (χ0v) is 15.1. The van der Waals surface area contributed by atoms with Crippen LogP contribution < -0.4 is 5.32 Å². The third kappa shape index (κ3) is 5.40. The zero-order valence-electron chi connectivity index (χ0n) is 15.1. The Morgan fingerprint density at radius 3 is 2.62 bits per heavy atom. The number of nitrogens with one attached hydrogen (secondary N) is 1. The Balaban J connectivity index is 1.36. The van der Waals surface area contributed by atoms with E-state index in [0.717, 1.165) is 55.7 Å². The van der Waals surface area contributed by atoms with Crippen molar-refractivity contribution in [3.63, 3.8) is 0 Å². The van der Waals surface area contributed by atoms with E-state index in [-0.39, 0.29) is 0 Å². The van der Waals surface area contributed by atoms with Crippen molar-refractivity contribution in [1.82, 2.24) is 10.2 Å². The summed E-state index contributed by atoms with van der Waals surface area (Å²) in [5.74, 6) is 0.680. The number of β-amino-alcohol motifs (C(OH)–C–C–N with tert-alkyl or cyclic N) is 1. The maximum absolute atomic E-state index is 10.4. The monoisotopic (exact) mass is 349 g/mol. The molecule has 1 fully saturated rings. The van der Waals surface area contributed by atoms with E-state index < -0.39 is 6.10 Å². The van der Waals surface area contributed by atoms with Crippen LogP contribution in [0, 0.1) is 17.2 Å². The van der Waals surface area contributed by atoms with Crippen LogP contribution in [0.2, 0.25) is 0 Å². The van der Waals surface area contributed by atoms with Crippen molar-refractivity contribution in [2.45, 2.75) is 25.5 Å². The van der Waals surface area contributed by atoms with Gasteiger partial charge >= 0.3 is 0 Å². The molecule has 0 aromatic heterocycles. The lowest BCUT2D eigenvalue weighted by atomic mass is 9.96. The molecule has 0 bridgehead atoms. The van der Waals surface area contributed by atoms with E-state index in [1.807, 2.05) is 48.5 Å². The van der Waals surface area contributed by atoms with Crippen LogP contribution in [-0.2, 0) is 6.54 Å². The Morgan fingerprint density at radius 2 is 1.88 bits per heavy atom. The summed E-state index contributed by atoms with van der Waals surface area (Å²) in [6, 6.07) is 19.9. The minimum atomic E-state index is -0.404. The smallest absolute Gasteiger partial charge is 0.0991 e. The Bertz CT molecular complexity index is 718. The fraction of sp³-hybridized carbons (Fsp3) is 0.409. The first-order valence-corrected chi connectivity index (χ1v) is 9.39. The van der Waals surface area contributed by atoms with Gasteiger partial charge in [0.05, 0.1) is 17.7 Å². The largest absolute Gasteiger partial charge is 0.387 e. The average Bonchev–Trinajstić information content (AvgIpc) is 2.70. The molecule has 1 aliphatic rings. The van der Waals surface area contributed by atoms with Gasteiger partial charge in [0, 0.05) is 13.1 Å². The fourth-order valence-corrected chi connectivity index (χ4v) is 3.57. The number of nitrogens with zero attached hydrogens (tertiary/aromatic N) is 2. The molecule has 0 saturated carbocycles. The van der Waals surface area contributed by atoms with Crippen LogP contribution in [0.3, 0.4) is 0 Å². The van der Waals surface area contributed by atoms with E-state index in [1.165, 1.54) is 0 Å². The van der Waals surface area contributed by atoms with E-state index >= 15 is 0 Å². The summed E-state index contributed by atoms with van der Waals surface area (Å²) in [6.07, 6.45) is 1.91. The average molecular weight is 349 g/mol. The summed E-state index contributed by atoms with van der Waals surface area (Å²) in [5.41, 5.74) is 2.87. The lowest BCUT2D eigenvalue weighted by Gasteiger charge is -2.33. The zero-order chi connectivity index (χ0) is 18.2. The number of likely N-dealkylation sites (tertiary alicyclic amines) is 1. The molecule has 1 atom stereocenters. The summed E-state index contributed by atoms with van der Waals surface area (Å²) in [5, 5.41) is 22.9. The predicted molar refractivity (Wildman–Crippen MR) is 103 cm³/mol. The van der Waals surface area contributed by atoms with Crippen LogP contribution in [0.25, 0.3) is 0 Å². The van der Waals surface area contributed by atoms with E-state index in [0.29, 0.717) is 12.5 Å². The molecule has 4 heteroatoms. The third-order valence-corrected chi connectivity index (χ3v) is 5.14. The molecule has 3 rings (SSSR count). The SMILES string of the molecule is N#Cc1cccc(CNCC2CCN(C[C@H](O)c3ccccc3)CC2)c1. The van der Waals surface area contributed by atoms with Gasteiger partial charge in [-0.05, 0) is 61.7 Å². The van der Waals surface area contributed by atoms with Gasteiger partial charge in [0.25, 0.3) is 0 Å². The number of aliphatic hydroxyl groups is 1. The maximum atomic E-state index is 10.4. The number of hydrogen-bond acceptors (Lipinski definition) is 4. The summed E-state index contributed by atoms with van der Waals surface area (Å²) in [7, 11) is 0. The lowest BCUT2D eigenvalue weighted by molar-refractivity contribution is 0.0891. The molecule has 2 N–H and O–H groups in total. The Kier molecular flexibility index (Phi) is 6.79. The number of aliphatic hydroxyl groups excluding tert-OH is 1. The van der Waals surface area contributed by atoms with Crippen LogP contribution in [0.4, 0.5) is 0 Å². The minimum absolute atomic E-state index is 0.404. The Morgan fingerprint density at radius 1 is 1.12 bits per heavy atom. The molecule has 2 aromatic carbocycles. The van der Waals surface area contributed by atoms with Crippen molar-refractivity contribution in [2.75, 3.05) is 26.2 Å². The predicted octanol–water partition coefficient (Wildman–Crippen LogP) is 3.09. The highest BCUT2D eigenvalue weighted by Crippen LogP contribution is 2.20. The molecule has 0 unspecified atom stereocenters. The van der Waals surface area contributed by atoms with E-state index in [2.05, 4.69) is 22.4 Å². The minimum Gasteiger partial charge on any atom is -0.387 e. The molecule has 4 nitrogen and oxygen atoms in total. The summed E-state index contributed by atoms with van der Waals surface area (Å²) >= 11 is 0. The molecule has 1 saturated heterocycles. The van der Waals surface area contributed by atoms with E-state index in [4.69, 9.17) is 5.26 Å². The van der Waals surface area contributed by atoms with Crippen LogP contribution >= 0.6 is 0 Å². The van der Waals surface area contributed by atoms with Crippen molar-refractivity contribution in [3.8, 4) is 6.07 Å². The van der Waals surface area contributed by atoms with Crippen LogP contribution in [0.15, 0.2) is 54.6 Å². The summed E-state index contributed by atoms with van der Waals surface area (Å²) in [6.45, 7) is 4.61.